The molecule has 0 heterocycles. The highest BCUT2D eigenvalue weighted by Gasteiger charge is 2.37. The second-order valence-corrected chi connectivity index (χ2v) is 14.0. The Bertz CT molecular complexity index is 1640. The van der Waals surface area contributed by atoms with Gasteiger partial charge in [-0.2, -0.15) is 13.2 Å². The summed E-state index contributed by atoms with van der Waals surface area (Å²) in [4.78, 5) is 28.4. The summed E-state index contributed by atoms with van der Waals surface area (Å²) in [7, 11) is -4.61. The van der Waals surface area contributed by atoms with Gasteiger partial charge >= 0.3 is 6.18 Å². The zero-order valence-electron chi connectivity index (χ0n) is 24.4. The van der Waals surface area contributed by atoms with E-state index in [0.717, 1.165) is 48.3 Å². The molecule has 3 aromatic carbocycles. The maximum atomic E-state index is 14.1. The number of rotatable bonds is 10. The zero-order chi connectivity index (χ0) is 33.1. The third-order valence-corrected chi connectivity index (χ3v) is 10.5. The van der Waals surface area contributed by atoms with E-state index in [-0.39, 0.29) is 27.5 Å². The van der Waals surface area contributed by atoms with Crippen LogP contribution in [0.4, 0.5) is 18.9 Å². The fourth-order valence-corrected chi connectivity index (χ4v) is 7.23. The van der Waals surface area contributed by atoms with Crippen molar-refractivity contribution in [3.05, 3.63) is 92.4 Å². The first-order valence-corrected chi connectivity index (χ1v) is 16.7. The van der Waals surface area contributed by atoms with Gasteiger partial charge in [0.05, 0.1) is 21.2 Å². The minimum atomic E-state index is -4.91. The Morgan fingerprint density at radius 2 is 1.56 bits per heavy atom. The number of aryl methyl sites for hydroxylation is 1. The van der Waals surface area contributed by atoms with Gasteiger partial charge in [0, 0.05) is 28.2 Å². The lowest BCUT2D eigenvalue weighted by Gasteiger charge is -2.33. The van der Waals surface area contributed by atoms with E-state index >= 15 is 0 Å². The highest BCUT2D eigenvalue weighted by Crippen LogP contribution is 2.38. The van der Waals surface area contributed by atoms with Crippen molar-refractivity contribution in [3.8, 4) is 0 Å². The molecule has 0 aliphatic heterocycles. The van der Waals surface area contributed by atoms with E-state index < -0.39 is 56.9 Å². The number of carbonyl (C=O) groups excluding carboxylic acids is 2. The number of amides is 2. The van der Waals surface area contributed by atoms with Crippen LogP contribution in [0.1, 0.15) is 49.3 Å². The van der Waals surface area contributed by atoms with E-state index in [4.69, 9.17) is 34.8 Å². The van der Waals surface area contributed by atoms with Gasteiger partial charge in [-0.3, -0.25) is 13.9 Å². The van der Waals surface area contributed by atoms with Crippen molar-refractivity contribution in [3.63, 3.8) is 0 Å². The molecule has 1 unspecified atom stereocenters. The molecule has 0 saturated heterocycles. The number of hydrogen-bond donors (Lipinski definition) is 1. The number of nitrogens with one attached hydrogen (secondary N) is 1. The zero-order valence-corrected chi connectivity index (χ0v) is 27.5. The first-order valence-electron chi connectivity index (χ1n) is 14.1. The number of halogens is 6. The summed E-state index contributed by atoms with van der Waals surface area (Å²) in [5, 5.41) is 2.71. The maximum absolute atomic E-state index is 14.1. The first-order chi connectivity index (χ1) is 21.1. The van der Waals surface area contributed by atoms with Gasteiger partial charge < -0.3 is 10.2 Å². The van der Waals surface area contributed by atoms with E-state index in [1.54, 1.807) is 25.1 Å². The van der Waals surface area contributed by atoms with Crippen molar-refractivity contribution in [2.24, 2.45) is 0 Å². The molecule has 2 amide bonds. The minimum absolute atomic E-state index is 0.0749. The van der Waals surface area contributed by atoms with Crippen LogP contribution in [0.3, 0.4) is 0 Å². The largest absolute Gasteiger partial charge is 0.417 e. The van der Waals surface area contributed by atoms with Gasteiger partial charge in [-0.1, -0.05) is 71.4 Å². The molecule has 1 N–H and O–H groups in total. The fourth-order valence-electron chi connectivity index (χ4n) is 5.08. The van der Waals surface area contributed by atoms with E-state index in [2.05, 4.69) is 5.32 Å². The number of sulfonamides is 1. The van der Waals surface area contributed by atoms with Crippen LogP contribution in [0.15, 0.2) is 65.6 Å². The molecule has 1 aliphatic carbocycles. The Kier molecular flexibility index (Phi) is 11.0. The Morgan fingerprint density at radius 3 is 2.13 bits per heavy atom. The van der Waals surface area contributed by atoms with Gasteiger partial charge in [0.15, 0.2) is 0 Å². The molecule has 0 aromatic heterocycles. The SMILES string of the molecule is Cc1ccc(S(=O)(=O)N(CC(=O)N(Cc2c(Cl)cccc2Cl)C(C)C(=O)NC2CCCC2)c2ccc(Cl)c(C(F)(F)F)c2)cc1. The molecule has 45 heavy (non-hydrogen) atoms. The highest BCUT2D eigenvalue weighted by atomic mass is 35.5. The van der Waals surface area contributed by atoms with Crippen LogP contribution in [0, 0.1) is 6.92 Å². The van der Waals surface area contributed by atoms with Gasteiger partial charge in [-0.15, -0.1) is 0 Å². The van der Waals surface area contributed by atoms with Crippen molar-refractivity contribution in [2.75, 3.05) is 10.8 Å². The quantitative estimate of drug-likeness (QED) is 0.235. The predicted octanol–water partition coefficient (Wildman–Crippen LogP) is 7.65. The van der Waals surface area contributed by atoms with Crippen LogP contribution in [-0.4, -0.2) is 43.8 Å². The predicted molar refractivity (Wildman–Crippen MR) is 169 cm³/mol. The van der Waals surface area contributed by atoms with Crippen molar-refractivity contribution >= 4 is 62.3 Å². The Balaban J connectivity index is 1.79. The molecule has 1 fully saturated rings. The molecule has 0 radical (unpaired) electrons. The second kappa shape index (κ2) is 14.2. The smallest absolute Gasteiger partial charge is 0.352 e. The van der Waals surface area contributed by atoms with Crippen molar-refractivity contribution in [1.29, 1.82) is 0 Å². The van der Waals surface area contributed by atoms with Gasteiger partial charge in [0.2, 0.25) is 11.8 Å². The van der Waals surface area contributed by atoms with E-state index in [1.165, 1.54) is 31.2 Å². The normalized spacial score (nSPS) is 14.7. The number of nitrogens with zero attached hydrogens (tertiary/aromatic N) is 2. The Labute approximate surface area is 275 Å². The summed E-state index contributed by atoms with van der Waals surface area (Å²) in [6, 6.07) is 11.7. The van der Waals surface area contributed by atoms with Crippen molar-refractivity contribution in [2.45, 2.75) is 69.2 Å². The fraction of sp³-hybridized carbons (Fsp3) is 0.355. The molecule has 1 atom stereocenters. The van der Waals surface area contributed by atoms with Crippen molar-refractivity contribution < 1.29 is 31.2 Å². The number of anilines is 1. The number of hydrogen-bond acceptors (Lipinski definition) is 4. The molecule has 7 nitrogen and oxygen atoms in total. The minimum Gasteiger partial charge on any atom is -0.352 e. The molecular formula is C31H31Cl3F3N3O4S. The van der Waals surface area contributed by atoms with E-state index in [1.807, 2.05) is 0 Å². The Hall–Kier alpha value is -2.99. The lowest BCUT2D eigenvalue weighted by molar-refractivity contribution is -0.139. The number of alkyl halides is 3. The molecule has 14 heteroatoms. The van der Waals surface area contributed by atoms with E-state index in [0.29, 0.717) is 15.9 Å². The summed E-state index contributed by atoms with van der Waals surface area (Å²) < 4.78 is 70.0. The average molecular weight is 705 g/mol. The lowest BCUT2D eigenvalue weighted by atomic mass is 10.1. The molecule has 242 valence electrons. The van der Waals surface area contributed by atoms with Gasteiger partial charge in [0.25, 0.3) is 10.0 Å². The van der Waals surface area contributed by atoms with Gasteiger partial charge in [-0.05, 0) is 69.2 Å². The summed E-state index contributed by atoms with van der Waals surface area (Å²) >= 11 is 18.6. The highest BCUT2D eigenvalue weighted by molar-refractivity contribution is 7.92. The van der Waals surface area contributed by atoms with E-state index in [9.17, 15) is 31.2 Å². The van der Waals surface area contributed by atoms with Crippen LogP contribution < -0.4 is 9.62 Å². The number of benzene rings is 3. The molecular weight excluding hydrogens is 674 g/mol. The molecule has 4 rings (SSSR count). The third-order valence-electron chi connectivity index (χ3n) is 7.69. The van der Waals surface area contributed by atoms with Gasteiger partial charge in [0.1, 0.15) is 12.6 Å². The summed E-state index contributed by atoms with van der Waals surface area (Å²) in [5.74, 6) is -1.35. The van der Waals surface area contributed by atoms with Gasteiger partial charge in [-0.25, -0.2) is 8.42 Å². The van der Waals surface area contributed by atoms with Crippen LogP contribution in [-0.2, 0) is 32.3 Å². The maximum Gasteiger partial charge on any atom is 0.417 e. The summed E-state index contributed by atoms with van der Waals surface area (Å²) in [6.45, 7) is 2.00. The topological polar surface area (TPSA) is 86.8 Å². The monoisotopic (exact) mass is 703 g/mol. The first kappa shape index (κ1) is 34.9. The van der Waals surface area contributed by atoms with Crippen LogP contribution >= 0.6 is 34.8 Å². The average Bonchev–Trinajstić information content (AvgIpc) is 3.48. The number of carbonyl (C=O) groups is 2. The van der Waals surface area contributed by atoms with Crippen LogP contribution in [0.25, 0.3) is 0 Å². The molecule has 0 spiro atoms. The standard InChI is InChI=1S/C31H31Cl3F3N3O4S/c1-19-10-13-23(14-11-19)45(43,44)40(22-12-15-28(34)25(16-22)31(35,36)37)18-29(41)39(17-24-26(32)8-5-9-27(24)33)20(2)30(42)38-21-6-3-4-7-21/h5,8-16,20-21H,3-4,6-7,17-18H2,1-2H3,(H,38,42). The Morgan fingerprint density at radius 1 is 0.956 bits per heavy atom. The van der Waals surface area contributed by atoms with Crippen LogP contribution in [0.2, 0.25) is 15.1 Å². The van der Waals surface area contributed by atoms with Crippen LogP contribution in [0.5, 0.6) is 0 Å². The summed E-state index contributed by atoms with van der Waals surface area (Å²) in [5.41, 5.74) is -0.664. The molecule has 1 saturated carbocycles. The molecule has 0 bridgehead atoms. The lowest BCUT2D eigenvalue weighted by Crippen LogP contribution is -2.52. The molecule has 1 aliphatic rings. The van der Waals surface area contributed by atoms with Crippen molar-refractivity contribution in [1.82, 2.24) is 10.2 Å². The molecule has 3 aromatic rings. The second-order valence-electron chi connectivity index (χ2n) is 10.9. The third kappa shape index (κ3) is 8.24. The summed E-state index contributed by atoms with van der Waals surface area (Å²) in [6.07, 6.45) is -1.45.